The molecule has 164 valence electrons. The first-order valence-corrected chi connectivity index (χ1v) is 11.5. The van der Waals surface area contributed by atoms with Crippen molar-refractivity contribution in [2.45, 2.75) is 45.4 Å². The molecule has 0 amide bonds. The first kappa shape index (κ1) is 20.9. The molecule has 1 aliphatic heterocycles. The van der Waals surface area contributed by atoms with Crippen molar-refractivity contribution in [3.8, 4) is 11.5 Å². The van der Waals surface area contributed by atoms with E-state index in [9.17, 15) is 9.90 Å². The number of hydrogen-bond donors (Lipinski definition) is 2. The molecule has 4 aromatic rings. The van der Waals surface area contributed by atoms with Crippen LogP contribution in [0.2, 0.25) is 0 Å². The van der Waals surface area contributed by atoms with E-state index < -0.39 is 12.0 Å². The molecule has 7 nitrogen and oxygen atoms in total. The number of aliphatic carboxylic acids is 1. The van der Waals surface area contributed by atoms with Crippen LogP contribution >= 0.6 is 15.9 Å². The van der Waals surface area contributed by atoms with Gasteiger partial charge < -0.3 is 9.67 Å². The maximum atomic E-state index is 12.0. The second-order valence-corrected chi connectivity index (χ2v) is 9.40. The van der Waals surface area contributed by atoms with Crippen LogP contribution in [0.3, 0.4) is 0 Å². The Hall–Kier alpha value is -2.97. The Morgan fingerprint density at radius 2 is 2.03 bits per heavy atom. The summed E-state index contributed by atoms with van der Waals surface area (Å²) in [5.41, 5.74) is 4.76. The molecule has 3 heterocycles. The third kappa shape index (κ3) is 3.63. The standard InChI is InChI=1S/C24H24BrN5O2/c1-14(2)29-13-21-19(11-20(29)24(31)32)26-23(30(21)12-15-6-4-3-5-7-15)22-17-9-8-16(25)10-18(17)27-28-22/h3-10,14,20H,11-13H2,1-2H3,(H,27,28)(H,31,32). The molecule has 2 aromatic heterocycles. The Labute approximate surface area is 194 Å². The summed E-state index contributed by atoms with van der Waals surface area (Å²) < 4.78 is 3.18. The third-order valence-corrected chi connectivity index (χ3v) is 6.64. The number of H-pyrrole nitrogens is 1. The van der Waals surface area contributed by atoms with Crippen LogP contribution in [0, 0.1) is 0 Å². The molecular formula is C24H24BrN5O2. The predicted octanol–water partition coefficient (Wildman–Crippen LogP) is 4.46. The van der Waals surface area contributed by atoms with Crippen molar-refractivity contribution >= 4 is 32.8 Å². The molecule has 0 saturated carbocycles. The minimum Gasteiger partial charge on any atom is -0.480 e. The van der Waals surface area contributed by atoms with Gasteiger partial charge in [0.1, 0.15) is 11.7 Å². The Morgan fingerprint density at radius 1 is 1.25 bits per heavy atom. The van der Waals surface area contributed by atoms with Crippen LogP contribution in [0.4, 0.5) is 0 Å². The van der Waals surface area contributed by atoms with Crippen LogP contribution in [0.25, 0.3) is 22.4 Å². The summed E-state index contributed by atoms with van der Waals surface area (Å²) in [4.78, 5) is 19.0. The number of nitrogens with zero attached hydrogens (tertiary/aromatic N) is 4. The van der Waals surface area contributed by atoms with Crippen molar-refractivity contribution in [3.05, 3.63) is 70.0 Å². The van der Waals surface area contributed by atoms with Gasteiger partial charge in [-0.3, -0.25) is 14.8 Å². The van der Waals surface area contributed by atoms with Crippen molar-refractivity contribution in [2.24, 2.45) is 0 Å². The number of fused-ring (bicyclic) bond motifs is 2. The third-order valence-electron chi connectivity index (χ3n) is 6.14. The predicted molar refractivity (Wildman–Crippen MR) is 126 cm³/mol. The number of hydrogen-bond acceptors (Lipinski definition) is 4. The van der Waals surface area contributed by atoms with E-state index in [1.165, 1.54) is 0 Å². The van der Waals surface area contributed by atoms with E-state index in [4.69, 9.17) is 4.98 Å². The lowest BCUT2D eigenvalue weighted by Gasteiger charge is -2.36. The molecule has 1 atom stereocenters. The fourth-order valence-electron chi connectivity index (χ4n) is 4.51. The Balaban J connectivity index is 1.68. The molecule has 32 heavy (non-hydrogen) atoms. The number of carboxylic acid groups (broad SMARTS) is 1. The monoisotopic (exact) mass is 493 g/mol. The van der Waals surface area contributed by atoms with E-state index in [0.717, 1.165) is 43.8 Å². The fourth-order valence-corrected chi connectivity index (χ4v) is 4.87. The lowest BCUT2D eigenvalue weighted by molar-refractivity contribution is -0.144. The van der Waals surface area contributed by atoms with Crippen molar-refractivity contribution < 1.29 is 9.90 Å². The largest absolute Gasteiger partial charge is 0.480 e. The van der Waals surface area contributed by atoms with E-state index in [1.807, 2.05) is 55.1 Å². The summed E-state index contributed by atoms with van der Waals surface area (Å²) in [5.74, 6) is -0.0410. The summed E-state index contributed by atoms with van der Waals surface area (Å²) in [6, 6.07) is 15.8. The summed E-state index contributed by atoms with van der Waals surface area (Å²) in [6.07, 6.45) is 0.380. The van der Waals surface area contributed by atoms with Gasteiger partial charge >= 0.3 is 5.97 Å². The maximum Gasteiger partial charge on any atom is 0.321 e. The number of benzene rings is 2. The van der Waals surface area contributed by atoms with E-state index in [0.29, 0.717) is 19.5 Å². The highest BCUT2D eigenvalue weighted by Gasteiger charge is 2.37. The van der Waals surface area contributed by atoms with Crippen molar-refractivity contribution in [1.29, 1.82) is 0 Å². The van der Waals surface area contributed by atoms with Crippen molar-refractivity contribution in [2.75, 3.05) is 0 Å². The summed E-state index contributed by atoms with van der Waals surface area (Å²) in [5, 5.41) is 18.6. The van der Waals surface area contributed by atoms with Crippen LogP contribution in [-0.4, -0.2) is 47.8 Å². The number of aromatic nitrogens is 4. The molecule has 8 heteroatoms. The van der Waals surface area contributed by atoms with Crippen LogP contribution in [0.1, 0.15) is 30.8 Å². The van der Waals surface area contributed by atoms with Gasteiger partial charge in [-0.1, -0.05) is 46.3 Å². The molecule has 1 unspecified atom stereocenters. The Morgan fingerprint density at radius 3 is 2.75 bits per heavy atom. The van der Waals surface area contributed by atoms with Gasteiger partial charge in [0, 0.05) is 35.4 Å². The van der Waals surface area contributed by atoms with Crippen LogP contribution in [0.5, 0.6) is 0 Å². The van der Waals surface area contributed by atoms with Gasteiger partial charge in [0.25, 0.3) is 0 Å². The van der Waals surface area contributed by atoms with Crippen molar-refractivity contribution in [3.63, 3.8) is 0 Å². The molecule has 0 radical (unpaired) electrons. The quantitative estimate of drug-likeness (QED) is 0.428. The lowest BCUT2D eigenvalue weighted by atomic mass is 10.0. The highest BCUT2D eigenvalue weighted by Crippen LogP contribution is 2.33. The number of nitrogens with one attached hydrogen (secondary N) is 1. The molecule has 0 fully saturated rings. The van der Waals surface area contributed by atoms with Crippen LogP contribution in [0.15, 0.2) is 53.0 Å². The normalized spacial score (nSPS) is 16.6. The van der Waals surface area contributed by atoms with E-state index in [2.05, 4.69) is 42.8 Å². The fraction of sp³-hybridized carbons (Fsp3) is 0.292. The Kier molecular flexibility index (Phi) is 5.35. The molecule has 2 N–H and O–H groups in total. The van der Waals surface area contributed by atoms with Gasteiger partial charge in [0.15, 0.2) is 5.82 Å². The van der Waals surface area contributed by atoms with Gasteiger partial charge in [-0.2, -0.15) is 5.10 Å². The highest BCUT2D eigenvalue weighted by molar-refractivity contribution is 9.10. The zero-order chi connectivity index (χ0) is 22.4. The molecule has 0 saturated heterocycles. The number of halogens is 1. The van der Waals surface area contributed by atoms with Gasteiger partial charge in [-0.05, 0) is 37.6 Å². The number of rotatable bonds is 5. The molecule has 1 aliphatic rings. The maximum absolute atomic E-state index is 12.0. The molecule has 2 aromatic carbocycles. The summed E-state index contributed by atoms with van der Waals surface area (Å²) in [7, 11) is 0. The van der Waals surface area contributed by atoms with Gasteiger partial charge in [-0.15, -0.1) is 0 Å². The zero-order valence-corrected chi connectivity index (χ0v) is 19.5. The molecular weight excluding hydrogens is 470 g/mol. The molecule has 0 aliphatic carbocycles. The summed E-state index contributed by atoms with van der Waals surface area (Å²) >= 11 is 3.51. The first-order chi connectivity index (χ1) is 15.4. The van der Waals surface area contributed by atoms with Gasteiger partial charge in [-0.25, -0.2) is 4.98 Å². The second-order valence-electron chi connectivity index (χ2n) is 8.49. The van der Waals surface area contributed by atoms with Crippen molar-refractivity contribution in [1.82, 2.24) is 24.6 Å². The van der Waals surface area contributed by atoms with Gasteiger partial charge in [0.05, 0.1) is 16.9 Å². The van der Waals surface area contributed by atoms with Crippen LogP contribution < -0.4 is 0 Å². The van der Waals surface area contributed by atoms with E-state index >= 15 is 0 Å². The average Bonchev–Trinajstić information content (AvgIpc) is 3.34. The minimum absolute atomic E-state index is 0.108. The smallest absolute Gasteiger partial charge is 0.321 e. The topological polar surface area (TPSA) is 87.0 Å². The number of carboxylic acids is 1. The minimum atomic E-state index is -0.807. The van der Waals surface area contributed by atoms with E-state index in [1.54, 1.807) is 0 Å². The lowest BCUT2D eigenvalue weighted by Crippen LogP contribution is -2.49. The number of aromatic amines is 1. The molecule has 5 rings (SSSR count). The highest BCUT2D eigenvalue weighted by atomic mass is 79.9. The molecule has 0 spiro atoms. The number of carbonyl (C=O) groups is 1. The SMILES string of the molecule is CC(C)N1Cc2c(nc(-c3n[nH]c4cc(Br)ccc34)n2Cc2ccccc2)CC1C(=O)O. The van der Waals surface area contributed by atoms with E-state index in [-0.39, 0.29) is 6.04 Å². The van der Waals surface area contributed by atoms with Gasteiger partial charge in [0.2, 0.25) is 0 Å². The van der Waals surface area contributed by atoms with Crippen LogP contribution in [-0.2, 0) is 24.3 Å². The second kappa shape index (κ2) is 8.18. The zero-order valence-electron chi connectivity index (χ0n) is 17.9. The molecule has 0 bridgehead atoms. The summed E-state index contributed by atoms with van der Waals surface area (Å²) in [6.45, 7) is 5.27. The number of imidazole rings is 1. The average molecular weight is 494 g/mol. The first-order valence-electron chi connectivity index (χ1n) is 10.7. The Bertz CT molecular complexity index is 1290.